The Morgan fingerprint density at radius 3 is 2.40 bits per heavy atom. The molecule has 0 aliphatic carbocycles. The molecular formula is C16H27N3O. The first-order chi connectivity index (χ1) is 9.52. The summed E-state index contributed by atoms with van der Waals surface area (Å²) in [5, 5.41) is 9.83. The second kappa shape index (κ2) is 6.57. The molecule has 1 aromatic carbocycles. The molecule has 0 aromatic heterocycles. The van der Waals surface area contributed by atoms with Gasteiger partial charge in [0.1, 0.15) is 0 Å². The molecule has 1 aliphatic rings. The van der Waals surface area contributed by atoms with E-state index < -0.39 is 0 Å². The van der Waals surface area contributed by atoms with Crippen LogP contribution < -0.4 is 4.90 Å². The van der Waals surface area contributed by atoms with Crippen LogP contribution in [0.15, 0.2) is 24.3 Å². The number of aliphatic hydroxyl groups excluding tert-OH is 1. The van der Waals surface area contributed by atoms with Gasteiger partial charge in [0.05, 0.1) is 12.6 Å². The summed E-state index contributed by atoms with van der Waals surface area (Å²) in [5.74, 6) is 0. The number of anilines is 1. The highest BCUT2D eigenvalue weighted by Gasteiger charge is 2.28. The SMILES string of the molecule is CC1CN(C)CCN1C(CO)c1ccc(N(C)C)cc1. The Kier molecular flexibility index (Phi) is 5.02. The molecule has 2 unspecified atom stereocenters. The minimum atomic E-state index is 0.106. The molecule has 112 valence electrons. The number of piperazine rings is 1. The van der Waals surface area contributed by atoms with E-state index in [0.717, 1.165) is 19.6 Å². The Morgan fingerprint density at radius 1 is 1.25 bits per heavy atom. The predicted molar refractivity (Wildman–Crippen MR) is 84.3 cm³/mol. The van der Waals surface area contributed by atoms with Crippen LogP contribution >= 0.6 is 0 Å². The van der Waals surface area contributed by atoms with E-state index in [2.05, 4.69) is 52.9 Å². The molecule has 2 rings (SSSR count). The van der Waals surface area contributed by atoms with Crippen molar-refractivity contribution in [3.63, 3.8) is 0 Å². The van der Waals surface area contributed by atoms with Gasteiger partial charge in [-0.2, -0.15) is 0 Å². The maximum atomic E-state index is 9.83. The van der Waals surface area contributed by atoms with E-state index in [4.69, 9.17) is 0 Å². The van der Waals surface area contributed by atoms with Gasteiger partial charge in [-0.3, -0.25) is 4.90 Å². The average Bonchev–Trinajstić information content (AvgIpc) is 2.42. The maximum Gasteiger partial charge on any atom is 0.0628 e. The quantitative estimate of drug-likeness (QED) is 0.901. The van der Waals surface area contributed by atoms with Crippen LogP contribution in [0.1, 0.15) is 18.5 Å². The van der Waals surface area contributed by atoms with Gasteiger partial charge in [0.2, 0.25) is 0 Å². The molecule has 1 N–H and O–H groups in total. The minimum Gasteiger partial charge on any atom is -0.394 e. The molecule has 1 fully saturated rings. The van der Waals surface area contributed by atoms with Crippen molar-refractivity contribution in [2.24, 2.45) is 0 Å². The van der Waals surface area contributed by atoms with E-state index in [9.17, 15) is 5.11 Å². The van der Waals surface area contributed by atoms with Crippen molar-refractivity contribution in [1.29, 1.82) is 0 Å². The Hall–Kier alpha value is -1.10. The fourth-order valence-corrected chi connectivity index (χ4v) is 3.01. The number of hydrogen-bond acceptors (Lipinski definition) is 4. The van der Waals surface area contributed by atoms with Crippen LogP contribution in [-0.2, 0) is 0 Å². The van der Waals surface area contributed by atoms with E-state index in [0.29, 0.717) is 6.04 Å². The summed E-state index contributed by atoms with van der Waals surface area (Å²) in [4.78, 5) is 6.87. The second-order valence-corrected chi connectivity index (χ2v) is 6.03. The summed E-state index contributed by atoms with van der Waals surface area (Å²) in [7, 11) is 6.25. The molecule has 1 aromatic rings. The van der Waals surface area contributed by atoms with Gasteiger partial charge in [-0.1, -0.05) is 12.1 Å². The molecule has 4 nitrogen and oxygen atoms in total. The van der Waals surface area contributed by atoms with E-state index >= 15 is 0 Å². The Labute approximate surface area is 122 Å². The standard InChI is InChI=1S/C16H27N3O/c1-13-11-18(4)9-10-19(13)16(12-20)14-5-7-15(8-6-14)17(2)3/h5-8,13,16,20H,9-12H2,1-4H3. The summed E-state index contributed by atoms with van der Waals surface area (Å²) in [5.41, 5.74) is 2.39. The zero-order chi connectivity index (χ0) is 14.7. The molecular weight excluding hydrogens is 250 g/mol. The van der Waals surface area contributed by atoms with E-state index in [1.165, 1.54) is 11.3 Å². The summed E-state index contributed by atoms with van der Waals surface area (Å²) in [6.07, 6.45) is 0. The molecule has 1 heterocycles. The van der Waals surface area contributed by atoms with Crippen LogP contribution in [0.3, 0.4) is 0 Å². The van der Waals surface area contributed by atoms with Gasteiger partial charge < -0.3 is 14.9 Å². The number of aliphatic hydroxyl groups is 1. The van der Waals surface area contributed by atoms with Crippen LogP contribution in [0, 0.1) is 0 Å². The van der Waals surface area contributed by atoms with Gasteiger partial charge in [0, 0.05) is 45.5 Å². The lowest BCUT2D eigenvalue weighted by molar-refractivity contribution is 0.0341. The second-order valence-electron chi connectivity index (χ2n) is 6.03. The summed E-state index contributed by atoms with van der Waals surface area (Å²) >= 11 is 0. The molecule has 0 saturated carbocycles. The first kappa shape index (κ1) is 15.3. The minimum absolute atomic E-state index is 0.106. The van der Waals surface area contributed by atoms with Gasteiger partial charge in [-0.15, -0.1) is 0 Å². The van der Waals surface area contributed by atoms with E-state index in [1.807, 2.05) is 14.1 Å². The zero-order valence-corrected chi connectivity index (χ0v) is 13.1. The highest BCUT2D eigenvalue weighted by Crippen LogP contribution is 2.26. The zero-order valence-electron chi connectivity index (χ0n) is 13.1. The normalized spacial score (nSPS) is 22.8. The maximum absolute atomic E-state index is 9.83. The number of likely N-dealkylation sites (N-methyl/N-ethyl adjacent to an activating group) is 1. The van der Waals surface area contributed by atoms with Crippen molar-refractivity contribution in [3.8, 4) is 0 Å². The van der Waals surface area contributed by atoms with E-state index in [-0.39, 0.29) is 12.6 Å². The lowest BCUT2D eigenvalue weighted by atomic mass is 10.0. The fourth-order valence-electron chi connectivity index (χ4n) is 3.01. The number of benzene rings is 1. The van der Waals surface area contributed by atoms with Crippen molar-refractivity contribution in [3.05, 3.63) is 29.8 Å². The van der Waals surface area contributed by atoms with E-state index in [1.54, 1.807) is 0 Å². The van der Waals surface area contributed by atoms with Gasteiger partial charge in [0.25, 0.3) is 0 Å². The van der Waals surface area contributed by atoms with Crippen LogP contribution in [0.4, 0.5) is 5.69 Å². The molecule has 4 heteroatoms. The number of hydrogen-bond donors (Lipinski definition) is 1. The average molecular weight is 277 g/mol. The molecule has 1 aliphatic heterocycles. The third-order valence-electron chi connectivity index (χ3n) is 4.25. The van der Waals surface area contributed by atoms with Gasteiger partial charge in [-0.25, -0.2) is 0 Å². The van der Waals surface area contributed by atoms with Crippen molar-refractivity contribution >= 4 is 5.69 Å². The molecule has 0 amide bonds. The Morgan fingerprint density at radius 2 is 1.90 bits per heavy atom. The monoisotopic (exact) mass is 277 g/mol. The fraction of sp³-hybridized carbons (Fsp3) is 0.625. The van der Waals surface area contributed by atoms with Crippen molar-refractivity contribution in [2.75, 3.05) is 52.3 Å². The summed E-state index contributed by atoms with van der Waals surface area (Å²) in [6.45, 7) is 5.56. The van der Waals surface area contributed by atoms with Crippen molar-refractivity contribution in [1.82, 2.24) is 9.80 Å². The Balaban J connectivity index is 2.15. The predicted octanol–water partition coefficient (Wildman–Crippen LogP) is 1.42. The molecule has 1 saturated heterocycles. The van der Waals surface area contributed by atoms with Crippen LogP contribution in [0.2, 0.25) is 0 Å². The van der Waals surface area contributed by atoms with Crippen LogP contribution in [-0.4, -0.2) is 68.3 Å². The molecule has 0 radical (unpaired) electrons. The third kappa shape index (κ3) is 3.32. The first-order valence-corrected chi connectivity index (χ1v) is 7.35. The van der Waals surface area contributed by atoms with Gasteiger partial charge in [0.15, 0.2) is 0 Å². The summed E-state index contributed by atoms with van der Waals surface area (Å²) in [6, 6.07) is 9.11. The lowest BCUT2D eigenvalue weighted by Gasteiger charge is -2.42. The van der Waals surface area contributed by atoms with Crippen molar-refractivity contribution in [2.45, 2.75) is 19.0 Å². The number of nitrogens with zero attached hydrogens (tertiary/aromatic N) is 3. The molecule has 20 heavy (non-hydrogen) atoms. The largest absolute Gasteiger partial charge is 0.394 e. The molecule has 0 spiro atoms. The van der Waals surface area contributed by atoms with Gasteiger partial charge in [-0.05, 0) is 31.7 Å². The molecule has 2 atom stereocenters. The Bertz CT molecular complexity index is 418. The summed E-state index contributed by atoms with van der Waals surface area (Å²) < 4.78 is 0. The van der Waals surface area contributed by atoms with Crippen LogP contribution in [0.25, 0.3) is 0 Å². The third-order valence-corrected chi connectivity index (χ3v) is 4.25. The topological polar surface area (TPSA) is 30.0 Å². The van der Waals surface area contributed by atoms with Gasteiger partial charge >= 0.3 is 0 Å². The highest BCUT2D eigenvalue weighted by atomic mass is 16.3. The number of rotatable bonds is 4. The lowest BCUT2D eigenvalue weighted by Crippen LogP contribution is -2.52. The highest BCUT2D eigenvalue weighted by molar-refractivity contribution is 5.46. The van der Waals surface area contributed by atoms with Crippen LogP contribution in [0.5, 0.6) is 0 Å². The molecule has 0 bridgehead atoms. The first-order valence-electron chi connectivity index (χ1n) is 7.35. The smallest absolute Gasteiger partial charge is 0.0628 e. The van der Waals surface area contributed by atoms with Crippen molar-refractivity contribution < 1.29 is 5.11 Å².